The van der Waals surface area contributed by atoms with Crippen molar-refractivity contribution in [3.05, 3.63) is 59.9 Å². The normalized spacial score (nSPS) is 18.0. The Morgan fingerprint density at radius 3 is 2.89 bits per heavy atom. The maximum absolute atomic E-state index is 9.02. The van der Waals surface area contributed by atoms with Crippen molar-refractivity contribution >= 4 is 11.0 Å². The predicted octanol–water partition coefficient (Wildman–Crippen LogP) is 3.39. The number of rotatable bonds is 7. The van der Waals surface area contributed by atoms with Crippen LogP contribution < -0.4 is 4.74 Å². The average molecular weight is 365 g/mol. The van der Waals surface area contributed by atoms with Crippen LogP contribution in [0.15, 0.2) is 48.5 Å². The lowest BCUT2D eigenvalue weighted by molar-refractivity contribution is 0.161. The first-order valence-electron chi connectivity index (χ1n) is 9.79. The third-order valence-corrected chi connectivity index (χ3v) is 5.24. The zero-order valence-corrected chi connectivity index (χ0v) is 15.6. The number of likely N-dealkylation sites (tertiary alicyclic amines) is 1. The molecule has 1 saturated heterocycles. The Balaban J connectivity index is 1.39. The van der Waals surface area contributed by atoms with Crippen LogP contribution in [0.2, 0.25) is 0 Å². The molecule has 1 fully saturated rings. The molecule has 1 atom stereocenters. The molecule has 0 unspecified atom stereocenters. The molecule has 27 heavy (non-hydrogen) atoms. The number of hydrogen-bond acceptors (Lipinski definition) is 4. The van der Waals surface area contributed by atoms with Gasteiger partial charge in [0.1, 0.15) is 18.2 Å². The van der Waals surface area contributed by atoms with E-state index in [-0.39, 0.29) is 6.61 Å². The molecule has 142 valence electrons. The fourth-order valence-electron chi connectivity index (χ4n) is 4.01. The Kier molecular flexibility index (Phi) is 5.70. The van der Waals surface area contributed by atoms with Crippen molar-refractivity contribution in [2.45, 2.75) is 25.8 Å². The number of hydrogen-bond donors (Lipinski definition) is 2. The molecule has 0 aliphatic carbocycles. The molecule has 2 heterocycles. The maximum atomic E-state index is 9.02. The monoisotopic (exact) mass is 365 g/mol. The van der Waals surface area contributed by atoms with E-state index in [0.717, 1.165) is 48.7 Å². The summed E-state index contributed by atoms with van der Waals surface area (Å²) in [4.78, 5) is 10.7. The Bertz CT molecular complexity index is 844. The first-order valence-corrected chi connectivity index (χ1v) is 9.79. The molecule has 0 bridgehead atoms. The third-order valence-electron chi connectivity index (χ3n) is 5.24. The Morgan fingerprint density at radius 1 is 1.15 bits per heavy atom. The van der Waals surface area contributed by atoms with Crippen molar-refractivity contribution in [2.24, 2.45) is 5.92 Å². The van der Waals surface area contributed by atoms with Crippen LogP contribution in [0.5, 0.6) is 5.75 Å². The maximum Gasteiger partial charge on any atom is 0.123 e. The van der Waals surface area contributed by atoms with Gasteiger partial charge in [-0.15, -0.1) is 0 Å². The molecule has 5 nitrogen and oxygen atoms in total. The van der Waals surface area contributed by atoms with Gasteiger partial charge in [0.25, 0.3) is 0 Å². The van der Waals surface area contributed by atoms with Gasteiger partial charge in [-0.25, -0.2) is 4.98 Å². The van der Waals surface area contributed by atoms with E-state index in [1.165, 1.54) is 18.4 Å². The van der Waals surface area contributed by atoms with Crippen LogP contribution in [-0.2, 0) is 13.0 Å². The quantitative estimate of drug-likeness (QED) is 0.674. The van der Waals surface area contributed by atoms with E-state index in [0.29, 0.717) is 12.5 Å². The molecule has 2 N–H and O–H groups in total. The summed E-state index contributed by atoms with van der Waals surface area (Å²) in [6, 6.07) is 16.4. The van der Waals surface area contributed by atoms with Crippen LogP contribution in [0.1, 0.15) is 24.2 Å². The Labute approximate surface area is 160 Å². The molecular formula is C22H27N3O2. The molecule has 2 aromatic carbocycles. The molecule has 1 aliphatic rings. The van der Waals surface area contributed by atoms with E-state index in [9.17, 15) is 0 Å². The summed E-state index contributed by atoms with van der Waals surface area (Å²) in [5.41, 5.74) is 3.36. The molecule has 0 radical (unpaired) electrons. The second-order valence-corrected chi connectivity index (χ2v) is 7.33. The molecular weight excluding hydrogens is 338 g/mol. The minimum atomic E-state index is 0.0393. The van der Waals surface area contributed by atoms with E-state index in [2.05, 4.69) is 34.1 Å². The minimum Gasteiger partial charge on any atom is -0.491 e. The van der Waals surface area contributed by atoms with E-state index < -0.39 is 0 Å². The van der Waals surface area contributed by atoms with Crippen LogP contribution in [0, 0.1) is 5.92 Å². The molecule has 4 rings (SSSR count). The number of fused-ring (bicyclic) bond motifs is 1. The highest BCUT2D eigenvalue weighted by molar-refractivity contribution is 5.74. The number of imidazole rings is 1. The number of nitrogens with one attached hydrogen (secondary N) is 1. The number of aromatic amines is 1. The zero-order valence-electron chi connectivity index (χ0n) is 15.6. The number of aromatic nitrogens is 2. The molecule has 5 heteroatoms. The fraction of sp³-hybridized carbons (Fsp3) is 0.409. The van der Waals surface area contributed by atoms with Gasteiger partial charge in [-0.05, 0) is 43.5 Å². The number of piperidine rings is 1. The number of para-hydroxylation sites is 3. The van der Waals surface area contributed by atoms with E-state index >= 15 is 0 Å². The Morgan fingerprint density at radius 2 is 2.00 bits per heavy atom. The fourth-order valence-corrected chi connectivity index (χ4v) is 4.01. The van der Waals surface area contributed by atoms with Crippen LogP contribution in [0.25, 0.3) is 11.0 Å². The highest BCUT2D eigenvalue weighted by Crippen LogP contribution is 2.25. The second kappa shape index (κ2) is 8.55. The molecule has 1 aromatic heterocycles. The summed E-state index contributed by atoms with van der Waals surface area (Å²) in [5.74, 6) is 2.59. The summed E-state index contributed by atoms with van der Waals surface area (Å²) in [6.45, 7) is 3.46. The van der Waals surface area contributed by atoms with Crippen molar-refractivity contribution in [1.82, 2.24) is 14.9 Å². The van der Waals surface area contributed by atoms with Gasteiger partial charge in [0.2, 0.25) is 0 Å². The lowest BCUT2D eigenvalue weighted by atomic mass is 9.94. The number of benzene rings is 2. The summed E-state index contributed by atoms with van der Waals surface area (Å²) in [7, 11) is 0. The lowest BCUT2D eigenvalue weighted by Crippen LogP contribution is -2.36. The van der Waals surface area contributed by atoms with Gasteiger partial charge in [-0.1, -0.05) is 30.3 Å². The standard InChI is InChI=1S/C22H27N3O2/c26-12-13-27-21-10-4-1-7-18(21)16-25-11-5-6-17(15-25)14-22-23-19-8-2-3-9-20(19)24-22/h1-4,7-10,17,26H,5-6,11-16H2,(H,23,24)/t17-/m0/s1. The first-order chi connectivity index (χ1) is 13.3. The summed E-state index contributed by atoms with van der Waals surface area (Å²) in [5, 5.41) is 9.02. The summed E-state index contributed by atoms with van der Waals surface area (Å²) in [6.07, 6.45) is 3.45. The summed E-state index contributed by atoms with van der Waals surface area (Å²) < 4.78 is 5.69. The molecule has 1 aliphatic heterocycles. The first kappa shape index (κ1) is 18.0. The number of aliphatic hydroxyl groups excluding tert-OH is 1. The average Bonchev–Trinajstić information content (AvgIpc) is 3.10. The van der Waals surface area contributed by atoms with Crippen molar-refractivity contribution in [3.8, 4) is 5.75 Å². The van der Waals surface area contributed by atoms with Crippen LogP contribution in [-0.4, -0.2) is 46.3 Å². The summed E-state index contributed by atoms with van der Waals surface area (Å²) >= 11 is 0. The predicted molar refractivity (Wildman–Crippen MR) is 107 cm³/mol. The minimum absolute atomic E-state index is 0.0393. The SMILES string of the molecule is OCCOc1ccccc1CN1CCC[C@@H](Cc2nc3ccccc3[nH]2)C1. The number of aliphatic hydroxyl groups is 1. The Hall–Kier alpha value is -2.37. The molecule has 0 spiro atoms. The van der Waals surface area contributed by atoms with E-state index in [4.69, 9.17) is 14.8 Å². The van der Waals surface area contributed by atoms with Crippen LogP contribution in [0.3, 0.4) is 0 Å². The van der Waals surface area contributed by atoms with Crippen molar-refractivity contribution in [3.63, 3.8) is 0 Å². The molecule has 0 amide bonds. The lowest BCUT2D eigenvalue weighted by Gasteiger charge is -2.32. The van der Waals surface area contributed by atoms with Gasteiger partial charge in [-0.2, -0.15) is 0 Å². The van der Waals surface area contributed by atoms with Gasteiger partial charge >= 0.3 is 0 Å². The van der Waals surface area contributed by atoms with Crippen LogP contribution in [0.4, 0.5) is 0 Å². The van der Waals surface area contributed by atoms with Crippen molar-refractivity contribution in [2.75, 3.05) is 26.3 Å². The van der Waals surface area contributed by atoms with Crippen molar-refractivity contribution < 1.29 is 9.84 Å². The van der Waals surface area contributed by atoms with Crippen molar-refractivity contribution in [1.29, 1.82) is 0 Å². The molecule has 0 saturated carbocycles. The van der Waals surface area contributed by atoms with Gasteiger partial charge in [0.15, 0.2) is 0 Å². The molecule has 3 aromatic rings. The largest absolute Gasteiger partial charge is 0.491 e. The van der Waals surface area contributed by atoms with Gasteiger partial charge in [-0.3, -0.25) is 4.90 Å². The van der Waals surface area contributed by atoms with Crippen LogP contribution >= 0.6 is 0 Å². The highest BCUT2D eigenvalue weighted by Gasteiger charge is 2.22. The second-order valence-electron chi connectivity index (χ2n) is 7.33. The van der Waals surface area contributed by atoms with Gasteiger partial charge in [0, 0.05) is 25.1 Å². The van der Waals surface area contributed by atoms with E-state index in [1.54, 1.807) is 0 Å². The van der Waals surface area contributed by atoms with Gasteiger partial charge in [0.05, 0.1) is 17.6 Å². The highest BCUT2D eigenvalue weighted by atomic mass is 16.5. The van der Waals surface area contributed by atoms with Gasteiger partial charge < -0.3 is 14.8 Å². The van der Waals surface area contributed by atoms with E-state index in [1.807, 2.05) is 24.3 Å². The topological polar surface area (TPSA) is 61.4 Å². The third kappa shape index (κ3) is 4.49. The number of ether oxygens (including phenoxy) is 1. The number of nitrogens with zero attached hydrogens (tertiary/aromatic N) is 2. The number of H-pyrrole nitrogens is 1. The zero-order chi connectivity index (χ0) is 18.5. The smallest absolute Gasteiger partial charge is 0.123 e.